The zero-order valence-electron chi connectivity index (χ0n) is 13.2. The normalized spacial score (nSPS) is 10.0. The smallest absolute Gasteiger partial charge is 1.00 e. The summed E-state index contributed by atoms with van der Waals surface area (Å²) in [5, 5.41) is 0. The van der Waals surface area contributed by atoms with Gasteiger partial charge in [-0.25, -0.2) is 0 Å². The zero-order valence-corrected chi connectivity index (χ0v) is 15.1. The summed E-state index contributed by atoms with van der Waals surface area (Å²) in [5.74, 6) is 0. The van der Waals surface area contributed by atoms with Crippen LogP contribution in [0.25, 0.3) is 0 Å². The summed E-state index contributed by atoms with van der Waals surface area (Å²) in [6.45, 7) is 2.53. The molecule has 0 heterocycles. The second-order valence-corrected chi connectivity index (χ2v) is 4.72. The van der Waals surface area contributed by atoms with E-state index in [2.05, 4.69) is 11.4 Å². The van der Waals surface area contributed by atoms with Crippen molar-refractivity contribution in [1.29, 1.82) is 0 Å². The Labute approximate surface area is 144 Å². The molecule has 0 bridgehead atoms. The van der Waals surface area contributed by atoms with Crippen molar-refractivity contribution in [2.45, 2.75) is 32.6 Å². The van der Waals surface area contributed by atoms with Gasteiger partial charge in [0.2, 0.25) is 0 Å². The Hall–Kier alpha value is -0.360. The molecule has 8 heteroatoms. The summed E-state index contributed by atoms with van der Waals surface area (Å²) in [6.07, 6.45) is 4.31. The summed E-state index contributed by atoms with van der Waals surface area (Å²) < 4.78 is 14.4. The van der Waals surface area contributed by atoms with E-state index < -0.39 is 8.25 Å². The van der Waals surface area contributed by atoms with Crippen molar-refractivity contribution in [3.05, 3.63) is 18.2 Å². The van der Waals surface area contributed by atoms with Crippen molar-refractivity contribution in [2.24, 2.45) is 0 Å². The van der Waals surface area contributed by atoms with Crippen LogP contribution >= 0.6 is 8.25 Å². The first-order valence-corrected chi connectivity index (χ1v) is 7.30. The quantitative estimate of drug-likeness (QED) is 0.249. The number of hydrogen-bond donors (Lipinski definition) is 4. The molecule has 0 aliphatic carbocycles. The Morgan fingerprint density at radius 2 is 1.75 bits per heavy atom. The number of hydrogen-bond acceptors (Lipinski definition) is 5. The van der Waals surface area contributed by atoms with E-state index in [1.54, 1.807) is 18.2 Å². The van der Waals surface area contributed by atoms with E-state index in [1.165, 1.54) is 12.8 Å². The van der Waals surface area contributed by atoms with Crippen LogP contribution in [0, 0.1) is 0 Å². The van der Waals surface area contributed by atoms with E-state index in [9.17, 15) is 4.57 Å². The molecule has 1 aromatic carbocycles. The molecule has 0 saturated heterocycles. The second kappa shape index (κ2) is 13.6. The van der Waals surface area contributed by atoms with Crippen LogP contribution < -0.4 is 46.8 Å². The van der Waals surface area contributed by atoms with Gasteiger partial charge in [0.05, 0.1) is 17.1 Å². The van der Waals surface area contributed by atoms with Crippen molar-refractivity contribution >= 4 is 25.3 Å². The third kappa shape index (κ3) is 11.5. The molecule has 0 saturated carbocycles. The maximum atomic E-state index is 9.96. The maximum absolute atomic E-state index is 9.96. The Bertz CT molecular complexity index is 380. The van der Waals surface area contributed by atoms with Crippen LogP contribution in [0.2, 0.25) is 0 Å². The predicted octanol–water partition coefficient (Wildman–Crippen LogP) is -0.217. The third-order valence-corrected chi connectivity index (χ3v) is 2.78. The fraction of sp³-hybridized carbons (Fsp3) is 0.500. The molecule has 0 fully saturated rings. The molecule has 0 aromatic heterocycles. The largest absolute Gasteiger partial charge is 1.00 e. The Balaban J connectivity index is -0.000000282. The molecule has 0 spiro atoms. The van der Waals surface area contributed by atoms with Crippen LogP contribution in [0.5, 0.6) is 0 Å². The standard InChI is InChI=1S/C6H9N3.C6H13O3P.Na.H/c7-4-2-1-3-5(8)6(4)9;1-2-3-4-5-6-9-10(7)8;;/h1-3H,7-9H2;2-6H2,1H3;;/q;;+1;-1/p+1. The predicted molar refractivity (Wildman–Crippen MR) is 80.7 cm³/mol. The molecule has 0 amide bonds. The number of para-hydroxylation sites is 1. The average Bonchev–Trinajstić information content (AvgIpc) is 2.36. The molecule has 1 atom stereocenters. The molecule has 110 valence electrons. The van der Waals surface area contributed by atoms with Crippen molar-refractivity contribution < 1.29 is 45.0 Å². The first kappa shape index (κ1) is 21.9. The van der Waals surface area contributed by atoms with E-state index in [4.69, 9.17) is 22.1 Å². The number of anilines is 3. The fourth-order valence-corrected chi connectivity index (χ4v) is 1.56. The molecular formula is C12H24N3NaO3P+. The maximum Gasteiger partial charge on any atom is 1.00 e. The Morgan fingerprint density at radius 3 is 2.15 bits per heavy atom. The molecule has 1 aromatic rings. The van der Waals surface area contributed by atoms with Gasteiger partial charge in [-0.2, -0.15) is 0 Å². The molecule has 7 N–H and O–H groups in total. The Kier molecular flexibility index (Phi) is 14.9. The zero-order chi connectivity index (χ0) is 14.7. The summed E-state index contributed by atoms with van der Waals surface area (Å²) in [6, 6.07) is 5.19. The van der Waals surface area contributed by atoms with Gasteiger partial charge in [0.1, 0.15) is 6.61 Å². The fourth-order valence-electron chi connectivity index (χ4n) is 1.27. The van der Waals surface area contributed by atoms with Gasteiger partial charge in [0.15, 0.2) is 0 Å². The van der Waals surface area contributed by atoms with E-state index in [-0.39, 0.29) is 31.0 Å². The van der Waals surface area contributed by atoms with E-state index in [0.29, 0.717) is 23.7 Å². The monoisotopic (exact) mass is 312 g/mol. The summed E-state index contributed by atoms with van der Waals surface area (Å²) in [7, 11) is -2.37. The van der Waals surface area contributed by atoms with Crippen molar-refractivity contribution in [3.8, 4) is 0 Å². The molecule has 0 aliphatic heterocycles. The van der Waals surface area contributed by atoms with Gasteiger partial charge in [-0.3, -0.25) is 0 Å². The first-order chi connectivity index (χ1) is 8.99. The van der Waals surface area contributed by atoms with Crippen LogP contribution in [0.4, 0.5) is 17.1 Å². The topological polar surface area (TPSA) is 125 Å². The number of rotatable bonds is 6. The van der Waals surface area contributed by atoms with Crippen LogP contribution in [0.15, 0.2) is 18.2 Å². The molecule has 6 nitrogen and oxygen atoms in total. The molecule has 0 aliphatic rings. The first-order valence-electron chi connectivity index (χ1n) is 6.17. The minimum absolute atomic E-state index is 0. The minimum Gasteiger partial charge on any atom is -1.00 e. The average molecular weight is 312 g/mol. The summed E-state index contributed by atoms with van der Waals surface area (Å²) >= 11 is 0. The SMILES string of the molecule is CCCCCCO[P+](=O)O.Nc1cccc(N)c1N.[H-].[Na+]. The van der Waals surface area contributed by atoms with Crippen molar-refractivity contribution in [2.75, 3.05) is 23.8 Å². The van der Waals surface area contributed by atoms with Gasteiger partial charge in [-0.05, 0) is 18.6 Å². The van der Waals surface area contributed by atoms with E-state index in [1.807, 2.05) is 0 Å². The number of nitrogens with two attached hydrogens (primary N) is 3. The molecular weight excluding hydrogens is 288 g/mol. The number of unbranched alkanes of at least 4 members (excludes halogenated alkanes) is 3. The minimum atomic E-state index is -2.37. The molecule has 20 heavy (non-hydrogen) atoms. The summed E-state index contributed by atoms with van der Waals surface area (Å²) in [5.41, 5.74) is 17.8. The van der Waals surface area contributed by atoms with E-state index in [0.717, 1.165) is 12.8 Å². The summed E-state index contributed by atoms with van der Waals surface area (Å²) in [4.78, 5) is 8.20. The van der Waals surface area contributed by atoms with Gasteiger partial charge in [0, 0.05) is 4.57 Å². The van der Waals surface area contributed by atoms with Crippen molar-refractivity contribution in [1.82, 2.24) is 0 Å². The van der Waals surface area contributed by atoms with E-state index >= 15 is 0 Å². The van der Waals surface area contributed by atoms with Crippen molar-refractivity contribution in [3.63, 3.8) is 0 Å². The number of benzene rings is 1. The van der Waals surface area contributed by atoms with Crippen LogP contribution in [-0.2, 0) is 9.09 Å². The third-order valence-electron chi connectivity index (χ3n) is 2.37. The van der Waals surface area contributed by atoms with Crippen LogP contribution in [0.3, 0.4) is 0 Å². The molecule has 1 unspecified atom stereocenters. The van der Waals surface area contributed by atoms with Gasteiger partial charge in [-0.15, -0.1) is 9.42 Å². The Morgan fingerprint density at radius 1 is 1.20 bits per heavy atom. The van der Waals surface area contributed by atoms with Crippen LogP contribution in [0.1, 0.15) is 34.0 Å². The van der Waals surface area contributed by atoms with Gasteiger partial charge < -0.3 is 18.6 Å². The number of nitrogen functional groups attached to an aromatic ring is 3. The van der Waals surface area contributed by atoms with Crippen LogP contribution in [-0.4, -0.2) is 11.5 Å². The van der Waals surface area contributed by atoms with Gasteiger partial charge in [-0.1, -0.05) is 32.3 Å². The molecule has 0 radical (unpaired) electrons. The van der Waals surface area contributed by atoms with Gasteiger partial charge >= 0.3 is 37.8 Å². The van der Waals surface area contributed by atoms with Gasteiger partial charge in [0.25, 0.3) is 0 Å². The second-order valence-electron chi connectivity index (χ2n) is 3.98. The molecule has 1 rings (SSSR count).